The molecule has 16 nitrogen and oxygen atoms in total. The lowest BCUT2D eigenvalue weighted by Gasteiger charge is -2.23. The molecule has 2 aromatic carbocycles. The summed E-state index contributed by atoms with van der Waals surface area (Å²) in [5, 5.41) is 7.67. The van der Waals surface area contributed by atoms with Crippen LogP contribution in [0, 0.1) is 0 Å². The highest BCUT2D eigenvalue weighted by molar-refractivity contribution is 5.92. The summed E-state index contributed by atoms with van der Waals surface area (Å²) in [5.74, 6) is -4.49. The summed E-state index contributed by atoms with van der Waals surface area (Å²) in [6.45, 7) is 7.85. The molecule has 0 aliphatic heterocycles. The largest absolute Gasteiger partial charge is 0.461 e. The Bertz CT molecular complexity index is 1660. The third-order valence-electron chi connectivity index (χ3n) is 8.32. The van der Waals surface area contributed by atoms with Gasteiger partial charge in [-0.15, -0.1) is 0 Å². The number of hydrogen-bond donors (Lipinski definition) is 3. The first kappa shape index (κ1) is 49.7. The molecule has 0 aromatic heterocycles. The van der Waals surface area contributed by atoms with Crippen LogP contribution in [0.4, 0.5) is 0 Å². The van der Waals surface area contributed by atoms with Gasteiger partial charge in [0, 0.05) is 32.3 Å². The van der Waals surface area contributed by atoms with Crippen molar-refractivity contribution in [2.75, 3.05) is 26.4 Å². The molecule has 0 saturated carbocycles. The smallest absolute Gasteiger partial charge is 0.328 e. The van der Waals surface area contributed by atoms with Crippen LogP contribution in [-0.4, -0.2) is 97.4 Å². The molecule has 2 aromatic rings. The molecule has 0 heterocycles. The van der Waals surface area contributed by atoms with Crippen molar-refractivity contribution < 1.29 is 62.0 Å². The summed E-state index contributed by atoms with van der Waals surface area (Å²) in [7, 11) is 0. The number of ketones is 2. The van der Waals surface area contributed by atoms with E-state index in [2.05, 4.69) is 16.0 Å². The molecule has 3 atom stereocenters. The number of nitrogens with one attached hydrogen (secondary N) is 3. The number of benzene rings is 2. The van der Waals surface area contributed by atoms with Crippen molar-refractivity contribution in [2.45, 2.75) is 123 Å². The third-order valence-corrected chi connectivity index (χ3v) is 8.32. The van der Waals surface area contributed by atoms with Gasteiger partial charge in [0.25, 0.3) is 0 Å². The zero-order valence-corrected chi connectivity index (χ0v) is 34.7. The number of hydrogen-bond acceptors (Lipinski definition) is 13. The fraction of sp³-hybridized carbons (Fsp3) is 0.535. The molecular formula is C43H59N3O13. The molecular weight excluding hydrogens is 766 g/mol. The minimum absolute atomic E-state index is 0.0196. The number of carbonyl (C=O) groups excluding carboxylic acids is 8. The fourth-order valence-electron chi connectivity index (χ4n) is 5.29. The molecule has 0 fully saturated rings. The Morgan fingerprint density at radius 2 is 1.14 bits per heavy atom. The van der Waals surface area contributed by atoms with Gasteiger partial charge < -0.3 is 44.4 Å². The van der Waals surface area contributed by atoms with Crippen molar-refractivity contribution in [2.24, 2.45) is 0 Å². The minimum atomic E-state index is -1.36. The van der Waals surface area contributed by atoms with Gasteiger partial charge in [-0.25, -0.2) is 4.79 Å². The molecule has 59 heavy (non-hydrogen) atoms. The molecule has 3 amide bonds. The molecule has 0 spiro atoms. The summed E-state index contributed by atoms with van der Waals surface area (Å²) < 4.78 is 26.8. The second-order valence-electron chi connectivity index (χ2n) is 14.8. The number of carbonyl (C=O) groups is 8. The molecule has 0 bridgehead atoms. The molecule has 16 heteroatoms. The highest BCUT2D eigenvalue weighted by Crippen LogP contribution is 2.11. The van der Waals surface area contributed by atoms with Crippen LogP contribution in [0.15, 0.2) is 60.7 Å². The number of amides is 3. The Labute approximate surface area is 345 Å². The molecule has 3 N–H and O–H groups in total. The minimum Gasteiger partial charge on any atom is -0.461 e. The van der Waals surface area contributed by atoms with Crippen LogP contribution in [0.1, 0.15) is 97.1 Å². The Morgan fingerprint density at radius 3 is 1.73 bits per heavy atom. The number of esters is 3. The Hall–Kier alpha value is -5.48. The zero-order chi connectivity index (χ0) is 43.6. The number of ether oxygens (including phenoxy) is 5. The van der Waals surface area contributed by atoms with E-state index in [0.717, 1.165) is 5.56 Å². The molecule has 0 saturated heterocycles. The predicted molar refractivity (Wildman–Crippen MR) is 214 cm³/mol. The highest BCUT2D eigenvalue weighted by atomic mass is 16.6. The molecule has 324 valence electrons. The monoisotopic (exact) mass is 825 g/mol. The standard InChI is InChI=1S/C43H59N3O13/c1-30(47)18-19-36(42(54)58-28-33-15-10-7-11-16-33)46-41(53)35(45-38(50)29-56-26-25-55-24-12-17-40(52)59-43(3,4)5)20-22-37(49)44-34(31(2)48)21-23-39(51)57-27-32-13-8-6-9-14-32/h6-11,13-16,34-36H,12,17-29H2,1-5H3,(H,44,49)(H,45,50)(H,46,53). The molecule has 0 aliphatic carbocycles. The van der Waals surface area contributed by atoms with Gasteiger partial charge >= 0.3 is 17.9 Å². The maximum absolute atomic E-state index is 13.6. The van der Waals surface area contributed by atoms with E-state index in [1.165, 1.54) is 13.8 Å². The Balaban J connectivity index is 2.01. The summed E-state index contributed by atoms with van der Waals surface area (Å²) in [5.41, 5.74) is 0.916. The number of Topliss-reactive ketones (excluding diaryl/α,β-unsaturated/α-hetero) is 2. The summed E-state index contributed by atoms with van der Waals surface area (Å²) in [6, 6.07) is 14.3. The van der Waals surface area contributed by atoms with E-state index in [9.17, 15) is 38.4 Å². The summed E-state index contributed by atoms with van der Waals surface area (Å²) >= 11 is 0. The van der Waals surface area contributed by atoms with Gasteiger partial charge in [0.1, 0.15) is 43.3 Å². The van der Waals surface area contributed by atoms with Gasteiger partial charge in [-0.3, -0.25) is 28.8 Å². The van der Waals surface area contributed by atoms with Crippen molar-refractivity contribution >= 4 is 47.2 Å². The Morgan fingerprint density at radius 1 is 0.576 bits per heavy atom. The van der Waals surface area contributed by atoms with Crippen molar-refractivity contribution in [3.63, 3.8) is 0 Å². The SMILES string of the molecule is CC(=O)CCC(NC(=O)C(CCC(=O)NC(CCC(=O)OCc1ccccc1)C(C)=O)NC(=O)COCCOCCCC(=O)OC(C)(C)C)C(=O)OCc1ccccc1. The van der Waals surface area contributed by atoms with Crippen molar-refractivity contribution in [3.05, 3.63) is 71.8 Å². The zero-order valence-electron chi connectivity index (χ0n) is 34.7. The van der Waals surface area contributed by atoms with E-state index >= 15 is 0 Å². The quantitative estimate of drug-likeness (QED) is 0.0636. The maximum atomic E-state index is 13.6. The van der Waals surface area contributed by atoms with E-state index < -0.39 is 65.8 Å². The lowest BCUT2D eigenvalue weighted by molar-refractivity contribution is -0.155. The van der Waals surface area contributed by atoms with Gasteiger partial charge in [0.2, 0.25) is 17.7 Å². The van der Waals surface area contributed by atoms with Gasteiger partial charge in [0.05, 0.1) is 19.3 Å². The molecule has 2 rings (SSSR count). The van der Waals surface area contributed by atoms with Crippen molar-refractivity contribution in [1.29, 1.82) is 0 Å². The molecule has 3 unspecified atom stereocenters. The van der Waals surface area contributed by atoms with Crippen LogP contribution < -0.4 is 16.0 Å². The topological polar surface area (TPSA) is 219 Å². The van der Waals surface area contributed by atoms with Gasteiger partial charge in [-0.2, -0.15) is 0 Å². The van der Waals surface area contributed by atoms with E-state index in [1.807, 2.05) is 18.2 Å². The van der Waals surface area contributed by atoms with Gasteiger partial charge in [0.15, 0.2) is 5.78 Å². The predicted octanol–water partition coefficient (Wildman–Crippen LogP) is 3.60. The lowest BCUT2D eigenvalue weighted by atomic mass is 10.1. The van der Waals surface area contributed by atoms with Crippen LogP contribution >= 0.6 is 0 Å². The second kappa shape index (κ2) is 27.3. The second-order valence-corrected chi connectivity index (χ2v) is 14.8. The number of rotatable bonds is 28. The maximum Gasteiger partial charge on any atom is 0.328 e. The van der Waals surface area contributed by atoms with E-state index in [1.54, 1.807) is 63.2 Å². The van der Waals surface area contributed by atoms with Crippen molar-refractivity contribution in [1.82, 2.24) is 16.0 Å². The van der Waals surface area contributed by atoms with Crippen LogP contribution in [-0.2, 0) is 75.3 Å². The van der Waals surface area contributed by atoms with Gasteiger partial charge in [-0.1, -0.05) is 60.7 Å². The normalized spacial score (nSPS) is 12.6. The average molecular weight is 826 g/mol. The molecule has 0 aliphatic rings. The van der Waals surface area contributed by atoms with E-state index in [4.69, 9.17) is 23.7 Å². The van der Waals surface area contributed by atoms with Crippen LogP contribution in [0.25, 0.3) is 0 Å². The molecule has 0 radical (unpaired) electrons. The fourth-order valence-corrected chi connectivity index (χ4v) is 5.29. The first-order valence-electron chi connectivity index (χ1n) is 19.7. The van der Waals surface area contributed by atoms with Crippen LogP contribution in [0.5, 0.6) is 0 Å². The van der Waals surface area contributed by atoms with Gasteiger partial charge in [-0.05, 0) is 71.4 Å². The third kappa shape index (κ3) is 23.5. The van der Waals surface area contributed by atoms with Crippen LogP contribution in [0.3, 0.4) is 0 Å². The summed E-state index contributed by atoms with van der Waals surface area (Å²) in [6.07, 6.45) is -0.274. The first-order chi connectivity index (χ1) is 28.0. The Kier molecular flexibility index (Phi) is 22.9. The van der Waals surface area contributed by atoms with E-state index in [0.29, 0.717) is 12.0 Å². The lowest BCUT2D eigenvalue weighted by Crippen LogP contribution is -2.53. The van der Waals surface area contributed by atoms with Crippen LogP contribution in [0.2, 0.25) is 0 Å². The summed E-state index contributed by atoms with van der Waals surface area (Å²) in [4.78, 5) is 101. The first-order valence-corrected chi connectivity index (χ1v) is 19.7. The van der Waals surface area contributed by atoms with E-state index in [-0.39, 0.29) is 89.7 Å². The van der Waals surface area contributed by atoms with Crippen molar-refractivity contribution in [3.8, 4) is 0 Å². The highest BCUT2D eigenvalue weighted by Gasteiger charge is 2.29. The average Bonchev–Trinajstić information content (AvgIpc) is 3.18.